The van der Waals surface area contributed by atoms with Crippen LogP contribution in [0.25, 0.3) is 0 Å². The molecule has 3 heterocycles. The van der Waals surface area contributed by atoms with Crippen LogP contribution in [0.3, 0.4) is 0 Å². The Bertz CT molecular complexity index is 492. The molecule has 0 fully saturated rings. The molecule has 0 aliphatic carbocycles. The molecule has 0 bridgehead atoms. The second kappa shape index (κ2) is 4.58. The van der Waals surface area contributed by atoms with Crippen LogP contribution in [0.5, 0.6) is 0 Å². The van der Waals surface area contributed by atoms with Gasteiger partial charge in [0, 0.05) is 36.8 Å². The van der Waals surface area contributed by atoms with Crippen molar-refractivity contribution in [2.75, 3.05) is 6.61 Å². The maximum atomic E-state index is 9.25. The van der Waals surface area contributed by atoms with Gasteiger partial charge in [-0.25, -0.2) is 0 Å². The summed E-state index contributed by atoms with van der Waals surface area (Å²) in [6.07, 6.45) is 2.80. The Morgan fingerprint density at radius 2 is 2.41 bits per heavy atom. The Hall–Kier alpha value is -1.20. The molecule has 1 atom stereocenters. The number of hydrogen-bond donors (Lipinski definition) is 1. The van der Waals surface area contributed by atoms with Gasteiger partial charge in [0.05, 0.1) is 0 Å². The zero-order chi connectivity index (χ0) is 11.7. The van der Waals surface area contributed by atoms with Crippen molar-refractivity contribution in [2.24, 2.45) is 5.92 Å². The van der Waals surface area contributed by atoms with Gasteiger partial charge < -0.3 is 9.67 Å². The monoisotopic (exact) mass is 249 g/mol. The number of nitrogens with zero attached hydrogens (tertiary/aromatic N) is 3. The summed E-state index contributed by atoms with van der Waals surface area (Å²) in [4.78, 5) is 1.31. The van der Waals surface area contributed by atoms with Gasteiger partial charge in [-0.2, -0.15) is 0 Å². The molecule has 0 spiro atoms. The van der Waals surface area contributed by atoms with Crippen molar-refractivity contribution < 1.29 is 5.11 Å². The first kappa shape index (κ1) is 10.9. The van der Waals surface area contributed by atoms with Crippen molar-refractivity contribution >= 4 is 11.3 Å². The fourth-order valence-corrected chi connectivity index (χ4v) is 3.00. The Labute approximate surface area is 104 Å². The summed E-state index contributed by atoms with van der Waals surface area (Å²) in [5.74, 6) is 2.46. The molecule has 0 aromatic carbocycles. The quantitative estimate of drug-likeness (QED) is 0.896. The Morgan fingerprint density at radius 3 is 3.18 bits per heavy atom. The van der Waals surface area contributed by atoms with E-state index in [2.05, 4.69) is 32.3 Å². The van der Waals surface area contributed by atoms with E-state index in [-0.39, 0.29) is 6.61 Å². The van der Waals surface area contributed by atoms with Gasteiger partial charge in [-0.05, 0) is 17.9 Å². The lowest BCUT2D eigenvalue weighted by atomic mass is 10.0. The van der Waals surface area contributed by atoms with Crippen LogP contribution >= 0.6 is 11.3 Å². The number of aryl methyl sites for hydroxylation is 1. The smallest absolute Gasteiger partial charge is 0.138 e. The first-order valence-electron chi connectivity index (χ1n) is 5.91. The van der Waals surface area contributed by atoms with E-state index in [1.165, 1.54) is 4.88 Å². The fourth-order valence-electron chi connectivity index (χ4n) is 2.30. The predicted molar refractivity (Wildman–Crippen MR) is 66.0 cm³/mol. The molecule has 2 aromatic rings. The lowest BCUT2D eigenvalue weighted by Crippen LogP contribution is -2.24. The number of rotatable bonds is 3. The first-order chi connectivity index (χ1) is 8.36. The normalized spacial score (nSPS) is 19.2. The highest BCUT2D eigenvalue weighted by Gasteiger charge is 2.22. The van der Waals surface area contributed by atoms with E-state index in [4.69, 9.17) is 0 Å². The van der Waals surface area contributed by atoms with Gasteiger partial charge >= 0.3 is 0 Å². The third-order valence-corrected chi connectivity index (χ3v) is 4.17. The third kappa shape index (κ3) is 2.12. The molecular formula is C12H15N3OS. The van der Waals surface area contributed by atoms with Crippen LogP contribution in [0.15, 0.2) is 17.5 Å². The number of hydrogen-bond acceptors (Lipinski definition) is 4. The van der Waals surface area contributed by atoms with Gasteiger partial charge in [0.15, 0.2) is 0 Å². The van der Waals surface area contributed by atoms with Crippen molar-refractivity contribution in [1.29, 1.82) is 0 Å². The molecular weight excluding hydrogens is 234 g/mol. The lowest BCUT2D eigenvalue weighted by molar-refractivity contribution is 0.189. The van der Waals surface area contributed by atoms with Crippen molar-refractivity contribution in [2.45, 2.75) is 25.8 Å². The number of thiophene rings is 1. The van der Waals surface area contributed by atoms with Crippen LogP contribution in [-0.4, -0.2) is 26.5 Å². The maximum absolute atomic E-state index is 9.25. The second-order valence-corrected chi connectivity index (χ2v) is 5.52. The zero-order valence-electron chi connectivity index (χ0n) is 9.54. The summed E-state index contributed by atoms with van der Waals surface area (Å²) in [6, 6.07) is 4.18. The van der Waals surface area contributed by atoms with E-state index >= 15 is 0 Å². The molecule has 90 valence electrons. The van der Waals surface area contributed by atoms with E-state index in [0.29, 0.717) is 5.92 Å². The first-order valence-corrected chi connectivity index (χ1v) is 6.79. The average molecular weight is 249 g/mol. The van der Waals surface area contributed by atoms with Crippen LogP contribution in [0.2, 0.25) is 0 Å². The summed E-state index contributed by atoms with van der Waals surface area (Å²) in [7, 11) is 0. The fraction of sp³-hybridized carbons (Fsp3) is 0.500. The van der Waals surface area contributed by atoms with E-state index in [1.54, 1.807) is 11.3 Å². The second-order valence-electron chi connectivity index (χ2n) is 4.49. The van der Waals surface area contributed by atoms with Gasteiger partial charge in [0.25, 0.3) is 0 Å². The zero-order valence-corrected chi connectivity index (χ0v) is 10.4. The van der Waals surface area contributed by atoms with Gasteiger partial charge in [-0.15, -0.1) is 21.5 Å². The SMILES string of the molecule is OCC1CCc2nnc(Cc3cccs3)n2C1. The minimum atomic E-state index is 0.260. The van der Waals surface area contributed by atoms with Gasteiger partial charge in [0.2, 0.25) is 0 Å². The van der Waals surface area contributed by atoms with Crippen molar-refractivity contribution in [3.05, 3.63) is 34.0 Å². The minimum absolute atomic E-state index is 0.260. The molecule has 1 unspecified atom stereocenters. The molecule has 5 heteroatoms. The molecule has 0 saturated heterocycles. The minimum Gasteiger partial charge on any atom is -0.396 e. The molecule has 1 aliphatic heterocycles. The molecule has 4 nitrogen and oxygen atoms in total. The third-order valence-electron chi connectivity index (χ3n) is 3.29. The lowest BCUT2D eigenvalue weighted by Gasteiger charge is -2.22. The average Bonchev–Trinajstić information content (AvgIpc) is 2.99. The van der Waals surface area contributed by atoms with Crippen LogP contribution in [0.1, 0.15) is 22.9 Å². The molecule has 0 saturated carbocycles. The van der Waals surface area contributed by atoms with Crippen LogP contribution < -0.4 is 0 Å². The molecule has 0 amide bonds. The van der Waals surface area contributed by atoms with Crippen LogP contribution in [0.4, 0.5) is 0 Å². The highest BCUT2D eigenvalue weighted by atomic mass is 32.1. The summed E-state index contributed by atoms with van der Waals surface area (Å²) in [6.45, 7) is 1.12. The summed E-state index contributed by atoms with van der Waals surface area (Å²) in [5.41, 5.74) is 0. The van der Waals surface area contributed by atoms with Crippen molar-refractivity contribution in [3.63, 3.8) is 0 Å². The standard InChI is InChI=1S/C12H15N3OS/c16-8-9-3-4-11-13-14-12(15(11)7-9)6-10-2-1-5-17-10/h1-2,5,9,16H,3-4,6-8H2. The molecule has 1 N–H and O–H groups in total. The van der Waals surface area contributed by atoms with Crippen LogP contribution in [0, 0.1) is 5.92 Å². The maximum Gasteiger partial charge on any atom is 0.138 e. The van der Waals surface area contributed by atoms with E-state index < -0.39 is 0 Å². The highest BCUT2D eigenvalue weighted by Crippen LogP contribution is 2.21. The van der Waals surface area contributed by atoms with E-state index in [1.807, 2.05) is 0 Å². The van der Waals surface area contributed by atoms with Gasteiger partial charge in [-0.1, -0.05) is 6.07 Å². The molecule has 1 aliphatic rings. The van der Waals surface area contributed by atoms with Crippen molar-refractivity contribution in [3.8, 4) is 0 Å². The van der Waals surface area contributed by atoms with E-state index in [0.717, 1.165) is 37.5 Å². The van der Waals surface area contributed by atoms with Gasteiger partial charge in [-0.3, -0.25) is 0 Å². The topological polar surface area (TPSA) is 50.9 Å². The summed E-state index contributed by atoms with van der Waals surface area (Å²) in [5, 5.41) is 19.9. The number of aliphatic hydroxyl groups excluding tert-OH is 1. The Balaban J connectivity index is 1.84. The van der Waals surface area contributed by atoms with Gasteiger partial charge in [0.1, 0.15) is 11.6 Å². The summed E-state index contributed by atoms with van der Waals surface area (Å²) < 4.78 is 2.18. The highest BCUT2D eigenvalue weighted by molar-refractivity contribution is 7.09. The predicted octanol–water partition coefficient (Wildman–Crippen LogP) is 1.49. The number of aromatic nitrogens is 3. The van der Waals surface area contributed by atoms with Crippen LogP contribution in [-0.2, 0) is 19.4 Å². The van der Waals surface area contributed by atoms with Crippen molar-refractivity contribution in [1.82, 2.24) is 14.8 Å². The number of aliphatic hydroxyl groups is 1. The summed E-state index contributed by atoms with van der Waals surface area (Å²) >= 11 is 1.75. The molecule has 17 heavy (non-hydrogen) atoms. The Kier molecular flexibility index (Phi) is 2.94. The Morgan fingerprint density at radius 1 is 1.47 bits per heavy atom. The number of fused-ring (bicyclic) bond motifs is 1. The molecule has 3 rings (SSSR count). The largest absolute Gasteiger partial charge is 0.396 e. The van der Waals surface area contributed by atoms with E-state index in [9.17, 15) is 5.11 Å². The molecule has 2 aromatic heterocycles. The molecule has 0 radical (unpaired) electrons.